The van der Waals surface area contributed by atoms with E-state index in [-0.39, 0.29) is 22.9 Å². The summed E-state index contributed by atoms with van der Waals surface area (Å²) >= 11 is 5.92. The lowest BCUT2D eigenvalue weighted by molar-refractivity contribution is 0.314. The summed E-state index contributed by atoms with van der Waals surface area (Å²) in [7, 11) is 0. The number of benzene rings is 2. The first kappa shape index (κ1) is 19.6. The van der Waals surface area contributed by atoms with Crippen molar-refractivity contribution >= 4 is 46.4 Å². The topological polar surface area (TPSA) is 114 Å². The highest BCUT2D eigenvalue weighted by Crippen LogP contribution is 2.25. The number of hydrazone groups is 1. The molecule has 0 amide bonds. The van der Waals surface area contributed by atoms with Crippen molar-refractivity contribution in [1.29, 1.82) is 0 Å². The molecule has 0 aliphatic rings. The average molecular weight is 450 g/mol. The van der Waals surface area contributed by atoms with Crippen molar-refractivity contribution in [3.8, 4) is 11.3 Å². The smallest absolute Gasteiger partial charge is 0.245 e. The highest BCUT2D eigenvalue weighted by molar-refractivity contribution is 6.30. The predicted octanol–water partition coefficient (Wildman–Crippen LogP) is 5.25. The van der Waals surface area contributed by atoms with Crippen LogP contribution in [0.5, 0.6) is 0 Å². The largest absolute Gasteiger partial charge is 0.455 e. The number of hydrogen-bond donors (Lipinski definition) is 2. The molecule has 11 heteroatoms. The van der Waals surface area contributed by atoms with E-state index < -0.39 is 0 Å². The second-order valence-corrected chi connectivity index (χ2v) is 6.98. The third-order valence-electron chi connectivity index (χ3n) is 4.34. The molecule has 3 heterocycles. The van der Waals surface area contributed by atoms with Gasteiger partial charge < -0.3 is 9.73 Å². The number of hydrogen-bond acceptors (Lipinski definition) is 9. The van der Waals surface area contributed by atoms with Crippen LogP contribution >= 0.6 is 11.6 Å². The molecule has 0 aliphatic heterocycles. The fraction of sp³-hybridized carbons (Fsp3) is 0. The normalized spacial score (nSPS) is 11.3. The molecule has 0 spiro atoms. The highest BCUT2D eigenvalue weighted by atomic mass is 35.5. The Hall–Kier alpha value is -4.31. The Morgan fingerprint density at radius 3 is 2.34 bits per heavy atom. The molecule has 0 saturated heterocycles. The number of anilines is 3. The van der Waals surface area contributed by atoms with E-state index in [4.69, 9.17) is 16.0 Å². The van der Waals surface area contributed by atoms with E-state index in [0.717, 1.165) is 5.56 Å². The van der Waals surface area contributed by atoms with Crippen molar-refractivity contribution in [2.45, 2.75) is 0 Å². The van der Waals surface area contributed by atoms with Gasteiger partial charge in [-0.15, -0.1) is 0 Å². The third kappa shape index (κ3) is 4.25. The highest BCUT2D eigenvalue weighted by Gasteiger charge is 2.13. The zero-order chi connectivity index (χ0) is 21.9. The maximum atomic E-state index is 13.2. The summed E-state index contributed by atoms with van der Waals surface area (Å²) in [5.41, 5.74) is 4.71. The van der Waals surface area contributed by atoms with Crippen molar-refractivity contribution in [1.82, 2.24) is 20.3 Å². The van der Waals surface area contributed by atoms with Gasteiger partial charge in [0.25, 0.3) is 0 Å². The van der Waals surface area contributed by atoms with Gasteiger partial charge >= 0.3 is 0 Å². The lowest BCUT2D eigenvalue weighted by Gasteiger charge is -2.09. The number of halogens is 2. The predicted molar refractivity (Wildman–Crippen MR) is 117 cm³/mol. The molecule has 2 aromatic carbocycles. The Morgan fingerprint density at radius 1 is 0.875 bits per heavy atom. The van der Waals surface area contributed by atoms with Gasteiger partial charge in [-0.05, 0) is 71.0 Å². The Morgan fingerprint density at radius 2 is 1.59 bits per heavy atom. The van der Waals surface area contributed by atoms with Gasteiger partial charge in [0.15, 0.2) is 11.6 Å². The summed E-state index contributed by atoms with van der Waals surface area (Å²) in [5, 5.41) is 15.2. The summed E-state index contributed by atoms with van der Waals surface area (Å²) in [6.45, 7) is 0. The second kappa shape index (κ2) is 8.44. The van der Waals surface area contributed by atoms with Gasteiger partial charge in [0.05, 0.1) is 6.21 Å². The maximum Gasteiger partial charge on any atom is 0.245 e. The fourth-order valence-corrected chi connectivity index (χ4v) is 2.95. The molecule has 0 unspecified atom stereocenters. The van der Waals surface area contributed by atoms with Gasteiger partial charge in [-0.25, -0.2) is 14.0 Å². The van der Waals surface area contributed by atoms with Gasteiger partial charge in [-0.2, -0.15) is 10.1 Å². The van der Waals surface area contributed by atoms with Crippen molar-refractivity contribution in [2.75, 3.05) is 10.7 Å². The molecule has 0 radical (unpaired) electrons. The average Bonchev–Trinajstić information content (AvgIpc) is 3.45. The van der Waals surface area contributed by atoms with Crippen LogP contribution in [-0.2, 0) is 0 Å². The first-order chi connectivity index (χ1) is 15.6. The standard InChI is InChI=1S/C21H13ClFN7O2/c22-13-3-1-12(2-4-13)17-10-9-16(31-17)11-24-28-19-18(25-15-7-5-14(23)6-8-15)26-20-21(27-19)30-32-29-20/h1-11H,(H,25,26,29)(H,27,28,30). The number of furan rings is 1. The Labute approximate surface area is 184 Å². The van der Waals surface area contributed by atoms with Gasteiger partial charge in [0.1, 0.15) is 17.3 Å². The summed E-state index contributed by atoms with van der Waals surface area (Å²) < 4.78 is 23.7. The van der Waals surface area contributed by atoms with E-state index >= 15 is 0 Å². The van der Waals surface area contributed by atoms with Crippen LogP contribution in [0.3, 0.4) is 0 Å². The van der Waals surface area contributed by atoms with E-state index in [2.05, 4.69) is 40.8 Å². The Bertz CT molecular complexity index is 1400. The number of fused-ring (bicyclic) bond motifs is 1. The molecule has 5 rings (SSSR count). The lowest BCUT2D eigenvalue weighted by Crippen LogP contribution is -2.03. The van der Waals surface area contributed by atoms with E-state index in [0.29, 0.717) is 28.0 Å². The minimum Gasteiger partial charge on any atom is -0.455 e. The first-order valence-electron chi connectivity index (χ1n) is 9.32. The first-order valence-corrected chi connectivity index (χ1v) is 9.69. The van der Waals surface area contributed by atoms with Crippen LogP contribution in [-0.4, -0.2) is 26.5 Å². The molecule has 0 saturated carbocycles. The molecule has 0 aliphatic carbocycles. The molecule has 0 atom stereocenters. The second-order valence-electron chi connectivity index (χ2n) is 6.54. The summed E-state index contributed by atoms with van der Waals surface area (Å²) in [6.07, 6.45) is 1.49. The van der Waals surface area contributed by atoms with Crippen LogP contribution in [0.15, 0.2) is 74.8 Å². The van der Waals surface area contributed by atoms with Gasteiger partial charge in [-0.1, -0.05) is 11.6 Å². The van der Waals surface area contributed by atoms with Crippen molar-refractivity contribution < 1.29 is 13.4 Å². The Balaban J connectivity index is 1.37. The van der Waals surface area contributed by atoms with Crippen molar-refractivity contribution in [3.05, 3.63) is 77.3 Å². The molecule has 0 fully saturated rings. The quantitative estimate of drug-likeness (QED) is 0.266. The molecular formula is C21H13ClFN7O2. The maximum absolute atomic E-state index is 13.2. The molecular weight excluding hydrogens is 437 g/mol. The van der Waals surface area contributed by atoms with Gasteiger partial charge in [0.2, 0.25) is 11.3 Å². The van der Waals surface area contributed by atoms with E-state index in [1.165, 1.54) is 18.3 Å². The molecule has 2 N–H and O–H groups in total. The van der Waals surface area contributed by atoms with Crippen LogP contribution in [0.2, 0.25) is 5.02 Å². The zero-order valence-electron chi connectivity index (χ0n) is 16.2. The van der Waals surface area contributed by atoms with Gasteiger partial charge in [0, 0.05) is 16.3 Å². The van der Waals surface area contributed by atoms with Crippen LogP contribution in [0.25, 0.3) is 22.6 Å². The molecule has 3 aromatic heterocycles. The SMILES string of the molecule is Fc1ccc(Nc2nc3nonc3nc2NN=Cc2ccc(-c3ccc(Cl)cc3)o2)cc1. The molecule has 158 valence electrons. The molecule has 5 aromatic rings. The van der Waals surface area contributed by atoms with Crippen molar-refractivity contribution in [2.24, 2.45) is 5.10 Å². The molecule has 32 heavy (non-hydrogen) atoms. The number of nitrogens with one attached hydrogen (secondary N) is 2. The minimum absolute atomic E-state index is 0.204. The fourth-order valence-electron chi connectivity index (χ4n) is 2.82. The van der Waals surface area contributed by atoms with Crippen LogP contribution in [0, 0.1) is 5.82 Å². The van der Waals surface area contributed by atoms with E-state index in [1.807, 2.05) is 18.2 Å². The van der Waals surface area contributed by atoms with E-state index in [9.17, 15) is 4.39 Å². The third-order valence-corrected chi connectivity index (χ3v) is 4.59. The van der Waals surface area contributed by atoms with Crippen LogP contribution in [0.4, 0.5) is 21.7 Å². The van der Waals surface area contributed by atoms with Crippen LogP contribution < -0.4 is 10.7 Å². The molecule has 9 nitrogen and oxygen atoms in total. The monoisotopic (exact) mass is 449 g/mol. The summed E-state index contributed by atoms with van der Waals surface area (Å²) in [5.74, 6) is 1.41. The number of rotatable bonds is 6. The summed E-state index contributed by atoms with van der Waals surface area (Å²) in [4.78, 5) is 8.63. The lowest BCUT2D eigenvalue weighted by atomic mass is 10.2. The minimum atomic E-state index is -0.350. The van der Waals surface area contributed by atoms with Gasteiger partial charge in [-0.3, -0.25) is 5.43 Å². The van der Waals surface area contributed by atoms with Crippen molar-refractivity contribution in [3.63, 3.8) is 0 Å². The zero-order valence-corrected chi connectivity index (χ0v) is 16.9. The summed E-state index contributed by atoms with van der Waals surface area (Å²) in [6, 6.07) is 16.7. The number of aromatic nitrogens is 4. The Kier molecular flexibility index (Phi) is 5.18. The van der Waals surface area contributed by atoms with Crippen LogP contribution in [0.1, 0.15) is 5.76 Å². The number of nitrogens with zero attached hydrogens (tertiary/aromatic N) is 5. The molecule has 0 bridgehead atoms. The van der Waals surface area contributed by atoms with E-state index in [1.54, 1.807) is 30.3 Å².